The van der Waals surface area contributed by atoms with E-state index in [4.69, 9.17) is 9.47 Å². The number of esters is 1. The van der Waals surface area contributed by atoms with Crippen molar-refractivity contribution in [2.75, 3.05) is 18.1 Å². The Bertz CT molecular complexity index is 962. The van der Waals surface area contributed by atoms with E-state index < -0.39 is 17.4 Å². The fourth-order valence-electron chi connectivity index (χ4n) is 4.71. The Kier molecular flexibility index (Phi) is 3.62. The third kappa shape index (κ3) is 2.28. The van der Waals surface area contributed by atoms with Crippen LogP contribution >= 0.6 is 0 Å². The molecule has 2 aromatic carbocycles. The molecule has 3 aliphatic heterocycles. The Morgan fingerprint density at radius 1 is 1.26 bits per heavy atom. The molecule has 0 radical (unpaired) electrons. The van der Waals surface area contributed by atoms with E-state index in [0.29, 0.717) is 13.2 Å². The first-order valence-electron chi connectivity index (χ1n) is 9.47. The first-order chi connectivity index (χ1) is 13.1. The van der Waals surface area contributed by atoms with Crippen LogP contribution in [0.5, 0.6) is 0 Å². The van der Waals surface area contributed by atoms with Crippen molar-refractivity contribution in [1.29, 1.82) is 0 Å². The summed E-state index contributed by atoms with van der Waals surface area (Å²) in [6.07, 6.45) is 4.27. The summed E-state index contributed by atoms with van der Waals surface area (Å²) in [4.78, 5) is 27.8. The Morgan fingerprint density at radius 3 is 2.93 bits per heavy atom. The summed E-state index contributed by atoms with van der Waals surface area (Å²) in [6, 6.07) is 14.0. The molecule has 2 bridgehead atoms. The van der Waals surface area contributed by atoms with E-state index in [1.54, 1.807) is 4.90 Å². The minimum atomic E-state index is -0.728. The number of ether oxygens (including phenoxy) is 2. The van der Waals surface area contributed by atoms with Crippen molar-refractivity contribution in [3.05, 3.63) is 54.6 Å². The number of rotatable bonds is 4. The maximum absolute atomic E-state index is 13.4. The van der Waals surface area contributed by atoms with E-state index in [-0.39, 0.29) is 18.0 Å². The number of nitrogens with zero attached hydrogens (tertiary/aromatic N) is 1. The number of carbonyl (C=O) groups is 2. The number of anilines is 1. The summed E-state index contributed by atoms with van der Waals surface area (Å²) >= 11 is 0. The molecule has 1 spiro atoms. The van der Waals surface area contributed by atoms with Crippen LogP contribution in [0, 0.1) is 11.8 Å². The highest BCUT2D eigenvalue weighted by Crippen LogP contribution is 2.53. The lowest BCUT2D eigenvalue weighted by molar-refractivity contribution is -0.152. The van der Waals surface area contributed by atoms with Gasteiger partial charge in [-0.15, -0.1) is 0 Å². The molecular formula is C22H21NO4. The minimum Gasteiger partial charge on any atom is -0.465 e. The molecule has 3 aliphatic rings. The summed E-state index contributed by atoms with van der Waals surface area (Å²) < 4.78 is 11.5. The lowest BCUT2D eigenvalue weighted by Crippen LogP contribution is -2.40. The van der Waals surface area contributed by atoms with Crippen molar-refractivity contribution >= 4 is 28.3 Å². The van der Waals surface area contributed by atoms with Crippen molar-refractivity contribution in [2.24, 2.45) is 11.8 Å². The summed E-state index contributed by atoms with van der Waals surface area (Å²) in [5, 5.41) is 2.10. The zero-order valence-electron chi connectivity index (χ0n) is 15.1. The lowest BCUT2D eigenvalue weighted by atomic mass is 9.77. The number of fused-ring (bicyclic) bond motifs is 2. The van der Waals surface area contributed by atoms with Gasteiger partial charge in [0.1, 0.15) is 11.5 Å². The van der Waals surface area contributed by atoms with Gasteiger partial charge in [0.2, 0.25) is 5.91 Å². The van der Waals surface area contributed by atoms with Crippen LogP contribution in [0.15, 0.2) is 54.6 Å². The average Bonchev–Trinajstić information content (AvgIpc) is 3.34. The van der Waals surface area contributed by atoms with Gasteiger partial charge >= 0.3 is 5.97 Å². The van der Waals surface area contributed by atoms with Crippen LogP contribution in [-0.2, 0) is 19.1 Å². The molecule has 5 nitrogen and oxygen atoms in total. The third-order valence-electron chi connectivity index (χ3n) is 5.88. The lowest BCUT2D eigenvalue weighted by Gasteiger charge is -2.22. The average molecular weight is 363 g/mol. The zero-order chi connectivity index (χ0) is 18.6. The van der Waals surface area contributed by atoms with Crippen molar-refractivity contribution in [3.8, 4) is 0 Å². The van der Waals surface area contributed by atoms with Crippen LogP contribution in [0.25, 0.3) is 10.8 Å². The van der Waals surface area contributed by atoms with Crippen LogP contribution in [-0.4, -0.2) is 36.7 Å². The van der Waals surface area contributed by atoms with Crippen molar-refractivity contribution < 1.29 is 19.1 Å². The highest BCUT2D eigenvalue weighted by Gasteiger charge is 2.67. The summed E-state index contributed by atoms with van der Waals surface area (Å²) in [5.74, 6) is -1.47. The largest absolute Gasteiger partial charge is 0.465 e. The maximum Gasteiger partial charge on any atom is 0.312 e. The van der Waals surface area contributed by atoms with Gasteiger partial charge in [0, 0.05) is 5.39 Å². The molecule has 3 heterocycles. The smallest absolute Gasteiger partial charge is 0.312 e. The van der Waals surface area contributed by atoms with E-state index in [2.05, 4.69) is 0 Å². The van der Waals surface area contributed by atoms with E-state index in [1.165, 1.54) is 0 Å². The van der Waals surface area contributed by atoms with Crippen LogP contribution in [0.3, 0.4) is 0 Å². The van der Waals surface area contributed by atoms with Gasteiger partial charge in [-0.3, -0.25) is 9.59 Å². The quantitative estimate of drug-likeness (QED) is 0.619. The highest BCUT2D eigenvalue weighted by atomic mass is 16.6. The molecular weight excluding hydrogens is 342 g/mol. The molecule has 5 rings (SSSR count). The van der Waals surface area contributed by atoms with Crippen LogP contribution in [0.4, 0.5) is 5.69 Å². The third-order valence-corrected chi connectivity index (χ3v) is 5.88. The second-order valence-electron chi connectivity index (χ2n) is 7.49. The SMILES string of the molecule is CCCOC(=O)[C@@H]1[C@H]2C(=O)N(c3cccc4ccccc34)C[C@@]23C=C[C@H]1O3. The molecule has 0 saturated carbocycles. The van der Waals surface area contributed by atoms with Gasteiger partial charge in [0.25, 0.3) is 0 Å². The van der Waals surface area contributed by atoms with E-state index in [9.17, 15) is 9.59 Å². The van der Waals surface area contributed by atoms with Gasteiger partial charge in [0.05, 0.1) is 30.9 Å². The van der Waals surface area contributed by atoms with Crippen LogP contribution in [0.1, 0.15) is 13.3 Å². The monoisotopic (exact) mass is 363 g/mol. The number of carbonyl (C=O) groups excluding carboxylic acids is 2. The molecule has 27 heavy (non-hydrogen) atoms. The second-order valence-corrected chi connectivity index (χ2v) is 7.49. The minimum absolute atomic E-state index is 0.0587. The van der Waals surface area contributed by atoms with Gasteiger partial charge in [-0.05, 0) is 17.9 Å². The maximum atomic E-state index is 13.4. The molecule has 138 valence electrons. The number of benzene rings is 2. The van der Waals surface area contributed by atoms with E-state index in [0.717, 1.165) is 22.9 Å². The first-order valence-corrected chi connectivity index (χ1v) is 9.47. The zero-order valence-corrected chi connectivity index (χ0v) is 15.1. The first kappa shape index (κ1) is 16.5. The van der Waals surface area contributed by atoms with Crippen molar-refractivity contribution in [2.45, 2.75) is 25.0 Å². The summed E-state index contributed by atoms with van der Waals surface area (Å²) in [6.45, 7) is 2.75. The van der Waals surface area contributed by atoms with Crippen LogP contribution in [0.2, 0.25) is 0 Å². The van der Waals surface area contributed by atoms with Crippen LogP contribution < -0.4 is 4.90 Å². The highest BCUT2D eigenvalue weighted by molar-refractivity contribution is 6.08. The predicted molar refractivity (Wildman–Crippen MR) is 101 cm³/mol. The summed E-state index contributed by atoms with van der Waals surface area (Å²) in [5.41, 5.74) is 0.136. The van der Waals surface area contributed by atoms with E-state index in [1.807, 2.05) is 61.5 Å². The Balaban J connectivity index is 1.53. The molecule has 2 aromatic rings. The van der Waals surface area contributed by atoms with Gasteiger partial charge in [0.15, 0.2) is 0 Å². The normalized spacial score (nSPS) is 30.9. The predicted octanol–water partition coefficient (Wildman–Crippen LogP) is 3.08. The molecule has 0 aliphatic carbocycles. The standard InChI is InChI=1S/C22H21NO4/c1-2-12-26-21(25)18-17-10-11-22(27-17)13-23(20(24)19(18)22)16-9-5-7-14-6-3-4-8-15(14)16/h3-11,17-19H,2,12-13H2,1H3/t17-,18+,19+,22+/m1/s1. The van der Waals surface area contributed by atoms with E-state index >= 15 is 0 Å². The Labute approximate surface area is 157 Å². The molecule has 2 fully saturated rings. The van der Waals surface area contributed by atoms with Gasteiger partial charge in [-0.1, -0.05) is 55.5 Å². The fourth-order valence-corrected chi connectivity index (χ4v) is 4.71. The topological polar surface area (TPSA) is 55.8 Å². The summed E-state index contributed by atoms with van der Waals surface area (Å²) in [7, 11) is 0. The molecule has 4 atom stereocenters. The molecule has 0 unspecified atom stereocenters. The molecule has 2 saturated heterocycles. The van der Waals surface area contributed by atoms with Gasteiger partial charge in [-0.25, -0.2) is 0 Å². The molecule has 5 heteroatoms. The Hall–Kier alpha value is -2.66. The van der Waals surface area contributed by atoms with Crippen molar-refractivity contribution in [3.63, 3.8) is 0 Å². The molecule has 0 N–H and O–H groups in total. The molecule has 0 aromatic heterocycles. The van der Waals surface area contributed by atoms with Gasteiger partial charge < -0.3 is 14.4 Å². The second kappa shape index (κ2) is 5.92. The Morgan fingerprint density at radius 2 is 2.07 bits per heavy atom. The van der Waals surface area contributed by atoms with Crippen molar-refractivity contribution in [1.82, 2.24) is 0 Å². The number of amides is 1. The van der Waals surface area contributed by atoms with Gasteiger partial charge in [-0.2, -0.15) is 0 Å². The number of hydrogen-bond donors (Lipinski definition) is 0. The fraction of sp³-hybridized carbons (Fsp3) is 0.364. The molecule has 1 amide bonds. The number of hydrogen-bond acceptors (Lipinski definition) is 4.